The van der Waals surface area contributed by atoms with Crippen LogP contribution in [-0.2, 0) is 33.4 Å². The number of fused-ring (bicyclic) bond motifs is 4. The molecule has 0 N–H and O–H groups in total. The van der Waals surface area contributed by atoms with Crippen LogP contribution < -0.4 is 0 Å². The van der Waals surface area contributed by atoms with E-state index in [0.717, 1.165) is 0 Å². The summed E-state index contributed by atoms with van der Waals surface area (Å²) in [4.78, 5) is 50.9. The van der Waals surface area contributed by atoms with Gasteiger partial charge in [0.15, 0.2) is 0 Å². The highest BCUT2D eigenvalue weighted by atomic mass is 16.7. The molecule has 2 saturated heterocycles. The van der Waals surface area contributed by atoms with E-state index in [1.807, 2.05) is 0 Å². The lowest BCUT2D eigenvalue weighted by molar-refractivity contribution is -0.199. The zero-order valence-corrected chi connectivity index (χ0v) is 16.7. The van der Waals surface area contributed by atoms with Crippen LogP contribution in [0, 0.1) is 21.7 Å². The molecule has 0 spiro atoms. The van der Waals surface area contributed by atoms with Crippen molar-refractivity contribution in [1.29, 1.82) is 0 Å². The van der Waals surface area contributed by atoms with E-state index in [2.05, 4.69) is 0 Å². The highest BCUT2D eigenvalue weighted by molar-refractivity contribution is 6.02. The number of rotatable bonds is 2. The molecule has 4 fully saturated rings. The molecule has 4 atom stereocenters. The number of carbonyl (C=O) groups is 4. The molecule has 2 saturated carbocycles. The Hall–Kier alpha value is -1.92. The fraction of sp³-hybridized carbons (Fsp3) is 0.800. The second kappa shape index (κ2) is 4.55. The van der Waals surface area contributed by atoms with Crippen molar-refractivity contribution in [3.63, 3.8) is 0 Å². The first kappa shape index (κ1) is 18.4. The molecule has 7 nitrogen and oxygen atoms in total. The number of ether oxygens (including phenoxy) is 3. The Morgan fingerprint density at radius 1 is 0.704 bits per heavy atom. The summed E-state index contributed by atoms with van der Waals surface area (Å²) in [5.41, 5.74) is -6.17. The molecule has 0 aromatic heterocycles. The van der Waals surface area contributed by atoms with Gasteiger partial charge in [0.2, 0.25) is 11.2 Å². The largest absolute Gasteiger partial charge is 0.446 e. The minimum atomic E-state index is -1.49. The molecular formula is C20H26O7. The third kappa shape index (κ3) is 1.58. The fourth-order valence-corrected chi connectivity index (χ4v) is 5.65. The SMILES string of the molecule is CC12CCC(C(=O)OC(=O)C34CCC(C)(C(=O)O3)C4(C)C)(OC1=O)C2(C)C. The lowest BCUT2D eigenvalue weighted by Gasteiger charge is -2.37. The van der Waals surface area contributed by atoms with Crippen LogP contribution in [0.25, 0.3) is 0 Å². The molecule has 4 unspecified atom stereocenters. The summed E-state index contributed by atoms with van der Waals surface area (Å²) < 4.78 is 16.3. The van der Waals surface area contributed by atoms with Crippen LogP contribution in [0.5, 0.6) is 0 Å². The van der Waals surface area contributed by atoms with Gasteiger partial charge in [-0.25, -0.2) is 9.59 Å². The van der Waals surface area contributed by atoms with Gasteiger partial charge in [0.1, 0.15) is 0 Å². The maximum Gasteiger partial charge on any atom is 0.358 e. The van der Waals surface area contributed by atoms with E-state index in [9.17, 15) is 19.2 Å². The first-order valence-electron chi connectivity index (χ1n) is 9.46. The van der Waals surface area contributed by atoms with Crippen molar-refractivity contribution >= 4 is 23.9 Å². The van der Waals surface area contributed by atoms with Gasteiger partial charge in [0.25, 0.3) is 0 Å². The molecule has 27 heavy (non-hydrogen) atoms. The quantitative estimate of drug-likeness (QED) is 0.413. The highest BCUT2D eigenvalue weighted by Crippen LogP contribution is 2.67. The van der Waals surface area contributed by atoms with Crippen LogP contribution in [0.4, 0.5) is 0 Å². The molecule has 4 rings (SSSR count). The van der Waals surface area contributed by atoms with E-state index in [4.69, 9.17) is 14.2 Å². The fourth-order valence-electron chi connectivity index (χ4n) is 5.65. The molecule has 2 aliphatic carbocycles. The predicted octanol–water partition coefficient (Wildman–Crippen LogP) is 2.30. The number of carbonyl (C=O) groups excluding carboxylic acids is 4. The molecule has 2 heterocycles. The second-order valence-electron chi connectivity index (χ2n) is 10.0. The Bertz CT molecular complexity index is 745. The Labute approximate surface area is 158 Å². The van der Waals surface area contributed by atoms with Crippen molar-refractivity contribution in [2.24, 2.45) is 21.7 Å². The lowest BCUT2D eigenvalue weighted by atomic mass is 9.66. The van der Waals surface area contributed by atoms with Crippen molar-refractivity contribution < 1.29 is 33.4 Å². The standard InChI is InChI=1S/C20H26O7/c1-15(2)17(5)7-9-19(15,26-11(17)21)13(23)25-14(24)20-10-8-18(6,12(22)27-20)16(20,3)4/h7-10H2,1-6H3. The van der Waals surface area contributed by atoms with Crippen LogP contribution in [0.3, 0.4) is 0 Å². The third-order valence-electron chi connectivity index (χ3n) is 9.01. The van der Waals surface area contributed by atoms with Gasteiger partial charge in [-0.05, 0) is 39.5 Å². The topological polar surface area (TPSA) is 96.0 Å². The number of hydrogen-bond acceptors (Lipinski definition) is 7. The van der Waals surface area contributed by atoms with E-state index in [-0.39, 0.29) is 0 Å². The van der Waals surface area contributed by atoms with Crippen molar-refractivity contribution in [1.82, 2.24) is 0 Å². The van der Waals surface area contributed by atoms with Crippen molar-refractivity contribution in [3.8, 4) is 0 Å². The molecule has 0 radical (unpaired) electrons. The minimum absolute atomic E-state index is 0.308. The van der Waals surface area contributed by atoms with E-state index in [0.29, 0.717) is 25.7 Å². The summed E-state index contributed by atoms with van der Waals surface area (Å²) in [6, 6.07) is 0. The normalized spacial score (nSPS) is 45.6. The molecule has 0 aromatic rings. The average molecular weight is 378 g/mol. The maximum absolute atomic E-state index is 13.1. The van der Waals surface area contributed by atoms with Crippen LogP contribution in [0.15, 0.2) is 0 Å². The van der Waals surface area contributed by atoms with Crippen LogP contribution >= 0.6 is 0 Å². The summed E-state index contributed by atoms with van der Waals surface area (Å²) in [6.45, 7) is 10.7. The number of hydrogen-bond donors (Lipinski definition) is 0. The second-order valence-corrected chi connectivity index (χ2v) is 10.0. The van der Waals surface area contributed by atoms with Gasteiger partial charge in [-0.3, -0.25) is 9.59 Å². The van der Waals surface area contributed by atoms with E-state index in [1.54, 1.807) is 41.5 Å². The smallest absolute Gasteiger partial charge is 0.358 e. The zero-order valence-electron chi connectivity index (χ0n) is 16.7. The van der Waals surface area contributed by atoms with Gasteiger partial charge in [-0.1, -0.05) is 27.7 Å². The molecule has 0 amide bonds. The van der Waals surface area contributed by atoms with E-state index < -0.39 is 56.7 Å². The molecule has 7 heteroatoms. The Balaban J connectivity index is 1.65. The first-order valence-corrected chi connectivity index (χ1v) is 9.46. The Morgan fingerprint density at radius 3 is 1.26 bits per heavy atom. The molecule has 148 valence electrons. The summed E-state index contributed by atoms with van der Waals surface area (Å²) >= 11 is 0. The molecule has 2 aliphatic heterocycles. The van der Waals surface area contributed by atoms with Gasteiger partial charge >= 0.3 is 23.9 Å². The van der Waals surface area contributed by atoms with Crippen LogP contribution in [0.2, 0.25) is 0 Å². The number of esters is 4. The lowest BCUT2D eigenvalue weighted by Crippen LogP contribution is -2.54. The van der Waals surface area contributed by atoms with Gasteiger partial charge in [-0.2, -0.15) is 0 Å². The van der Waals surface area contributed by atoms with Gasteiger partial charge < -0.3 is 14.2 Å². The predicted molar refractivity (Wildman–Crippen MR) is 91.0 cm³/mol. The van der Waals surface area contributed by atoms with Gasteiger partial charge in [0, 0.05) is 10.8 Å². The highest BCUT2D eigenvalue weighted by Gasteiger charge is 2.79. The van der Waals surface area contributed by atoms with Crippen molar-refractivity contribution in [2.75, 3.05) is 0 Å². The summed E-state index contributed by atoms with van der Waals surface area (Å²) in [7, 11) is 0. The Morgan fingerprint density at radius 2 is 1.04 bits per heavy atom. The first-order chi connectivity index (χ1) is 12.2. The maximum atomic E-state index is 13.1. The molecular weight excluding hydrogens is 352 g/mol. The monoisotopic (exact) mass is 378 g/mol. The summed E-state index contributed by atoms with van der Waals surface area (Å²) in [5.74, 6) is -2.62. The van der Waals surface area contributed by atoms with E-state index in [1.165, 1.54) is 0 Å². The summed E-state index contributed by atoms with van der Waals surface area (Å²) in [5, 5.41) is 0. The van der Waals surface area contributed by atoms with E-state index >= 15 is 0 Å². The Kier molecular flexibility index (Phi) is 3.11. The van der Waals surface area contributed by atoms with Gasteiger partial charge in [0.05, 0.1) is 10.8 Å². The average Bonchev–Trinajstić information content (AvgIpc) is 3.03. The molecule has 0 aromatic carbocycles. The molecule has 4 aliphatic rings. The van der Waals surface area contributed by atoms with Crippen LogP contribution in [-0.4, -0.2) is 35.1 Å². The minimum Gasteiger partial charge on any atom is -0.446 e. The summed E-state index contributed by atoms with van der Waals surface area (Å²) in [6.07, 6.45) is 1.60. The molecule has 4 bridgehead atoms. The van der Waals surface area contributed by atoms with Gasteiger partial charge in [-0.15, -0.1) is 0 Å². The zero-order chi connectivity index (χ0) is 20.3. The third-order valence-corrected chi connectivity index (χ3v) is 9.01. The van der Waals surface area contributed by atoms with Crippen molar-refractivity contribution in [2.45, 2.75) is 78.4 Å². The van der Waals surface area contributed by atoms with Crippen molar-refractivity contribution in [3.05, 3.63) is 0 Å². The van der Waals surface area contributed by atoms with Crippen LogP contribution in [0.1, 0.15) is 67.2 Å².